The molecule has 1 amide bonds. The third-order valence-electron chi connectivity index (χ3n) is 1.88. The van der Waals surface area contributed by atoms with Crippen LogP contribution < -0.4 is 5.32 Å². The Morgan fingerprint density at radius 1 is 1.58 bits per heavy atom. The first kappa shape index (κ1) is 8.99. The van der Waals surface area contributed by atoms with Crippen LogP contribution in [0.3, 0.4) is 0 Å². The van der Waals surface area contributed by atoms with Gasteiger partial charge in [-0.15, -0.1) is 0 Å². The number of amides is 1. The van der Waals surface area contributed by atoms with E-state index >= 15 is 0 Å². The Morgan fingerprint density at radius 3 is 2.42 bits per heavy atom. The Labute approximate surface area is 69.7 Å². The summed E-state index contributed by atoms with van der Waals surface area (Å²) in [6.07, 6.45) is 0. The molecule has 0 bridgehead atoms. The predicted molar refractivity (Wildman–Crippen MR) is 39.6 cm³/mol. The molecule has 5 heteroatoms. The summed E-state index contributed by atoms with van der Waals surface area (Å²) in [4.78, 5) is 21.9. The summed E-state index contributed by atoms with van der Waals surface area (Å²) in [6.45, 7) is 2.14. The molecule has 2 N–H and O–H groups in total. The van der Waals surface area contributed by atoms with E-state index in [1.54, 1.807) is 6.92 Å². The third-order valence-corrected chi connectivity index (χ3v) is 1.88. The molecule has 1 heterocycles. The lowest BCUT2D eigenvalue weighted by molar-refractivity contribution is -0.185. The van der Waals surface area contributed by atoms with Crippen LogP contribution in [-0.2, 0) is 14.3 Å². The SMILES string of the molecule is CCNC(=O)C1(C(=O)O)COC1. The molecular weight excluding hydrogens is 162 g/mol. The van der Waals surface area contributed by atoms with E-state index in [0.717, 1.165) is 0 Å². The predicted octanol–water partition coefficient (Wildman–Crippen LogP) is -0.776. The van der Waals surface area contributed by atoms with Crippen molar-refractivity contribution in [2.24, 2.45) is 5.41 Å². The molecule has 1 fully saturated rings. The van der Waals surface area contributed by atoms with Gasteiger partial charge in [-0.05, 0) is 6.92 Å². The molecule has 1 saturated heterocycles. The molecule has 68 valence electrons. The second-order valence-electron chi connectivity index (χ2n) is 2.74. The van der Waals surface area contributed by atoms with E-state index < -0.39 is 17.3 Å². The van der Waals surface area contributed by atoms with Crippen LogP contribution in [0.1, 0.15) is 6.92 Å². The topological polar surface area (TPSA) is 75.6 Å². The number of carboxylic acid groups (broad SMARTS) is 1. The largest absolute Gasteiger partial charge is 0.480 e. The maximum absolute atomic E-state index is 11.2. The van der Waals surface area contributed by atoms with E-state index in [1.165, 1.54) is 0 Å². The Morgan fingerprint density at radius 2 is 2.17 bits per heavy atom. The zero-order valence-electron chi connectivity index (χ0n) is 6.79. The zero-order chi connectivity index (χ0) is 9.19. The Balaban J connectivity index is 2.67. The molecule has 0 radical (unpaired) electrons. The summed E-state index contributed by atoms with van der Waals surface area (Å²) in [6, 6.07) is 0. The van der Waals surface area contributed by atoms with Crippen molar-refractivity contribution in [1.29, 1.82) is 0 Å². The van der Waals surface area contributed by atoms with Crippen molar-refractivity contribution in [1.82, 2.24) is 5.32 Å². The lowest BCUT2D eigenvalue weighted by Gasteiger charge is -2.35. The molecule has 1 rings (SSSR count). The Kier molecular flexibility index (Phi) is 2.32. The van der Waals surface area contributed by atoms with Crippen molar-refractivity contribution in [2.75, 3.05) is 19.8 Å². The quantitative estimate of drug-likeness (QED) is 0.549. The van der Waals surface area contributed by atoms with E-state index in [1.807, 2.05) is 0 Å². The zero-order valence-corrected chi connectivity index (χ0v) is 6.79. The second kappa shape index (κ2) is 3.10. The van der Waals surface area contributed by atoms with Crippen molar-refractivity contribution in [2.45, 2.75) is 6.92 Å². The van der Waals surface area contributed by atoms with Gasteiger partial charge in [0.25, 0.3) is 0 Å². The first-order valence-corrected chi connectivity index (χ1v) is 3.73. The normalized spacial score (nSPS) is 19.4. The van der Waals surface area contributed by atoms with Gasteiger partial charge in [-0.25, -0.2) is 0 Å². The van der Waals surface area contributed by atoms with Gasteiger partial charge in [0, 0.05) is 6.54 Å². The van der Waals surface area contributed by atoms with E-state index in [0.29, 0.717) is 6.54 Å². The van der Waals surface area contributed by atoms with Crippen LogP contribution in [0, 0.1) is 5.41 Å². The monoisotopic (exact) mass is 173 g/mol. The summed E-state index contributed by atoms with van der Waals surface area (Å²) in [7, 11) is 0. The number of hydrogen-bond donors (Lipinski definition) is 2. The van der Waals surface area contributed by atoms with Crippen LogP contribution in [0.5, 0.6) is 0 Å². The molecule has 0 atom stereocenters. The summed E-state index contributed by atoms with van der Waals surface area (Å²) in [5.41, 5.74) is -1.32. The molecule has 0 aromatic heterocycles. The summed E-state index contributed by atoms with van der Waals surface area (Å²) in [5.74, 6) is -1.57. The maximum Gasteiger partial charge on any atom is 0.324 e. The first-order chi connectivity index (χ1) is 5.63. The molecule has 5 nitrogen and oxygen atoms in total. The van der Waals surface area contributed by atoms with Crippen molar-refractivity contribution in [3.8, 4) is 0 Å². The van der Waals surface area contributed by atoms with Crippen molar-refractivity contribution in [3.05, 3.63) is 0 Å². The highest BCUT2D eigenvalue weighted by atomic mass is 16.5. The molecule has 1 aliphatic rings. The van der Waals surface area contributed by atoms with Gasteiger partial charge >= 0.3 is 5.97 Å². The molecular formula is C7H11NO4. The van der Waals surface area contributed by atoms with Crippen LogP contribution in [-0.4, -0.2) is 36.7 Å². The minimum atomic E-state index is -1.32. The number of carbonyl (C=O) groups excluding carboxylic acids is 1. The summed E-state index contributed by atoms with van der Waals surface area (Å²) in [5, 5.41) is 11.2. The maximum atomic E-state index is 11.2. The Bertz CT molecular complexity index is 209. The number of nitrogens with one attached hydrogen (secondary N) is 1. The number of carboxylic acids is 1. The van der Waals surface area contributed by atoms with E-state index in [4.69, 9.17) is 9.84 Å². The van der Waals surface area contributed by atoms with Crippen LogP contribution in [0.4, 0.5) is 0 Å². The summed E-state index contributed by atoms with van der Waals surface area (Å²) >= 11 is 0. The Hall–Kier alpha value is -1.10. The van der Waals surface area contributed by atoms with Gasteiger partial charge in [0.2, 0.25) is 5.91 Å². The average molecular weight is 173 g/mol. The molecule has 1 aliphatic heterocycles. The molecule has 0 aliphatic carbocycles. The van der Waals surface area contributed by atoms with Gasteiger partial charge in [-0.2, -0.15) is 0 Å². The number of ether oxygens (including phenoxy) is 1. The van der Waals surface area contributed by atoms with Gasteiger partial charge in [0.15, 0.2) is 5.41 Å². The first-order valence-electron chi connectivity index (χ1n) is 3.73. The highest BCUT2D eigenvalue weighted by molar-refractivity contribution is 6.03. The molecule has 0 aromatic carbocycles. The van der Waals surface area contributed by atoms with Gasteiger partial charge in [-0.1, -0.05) is 0 Å². The van der Waals surface area contributed by atoms with Crippen LogP contribution in [0.25, 0.3) is 0 Å². The van der Waals surface area contributed by atoms with Gasteiger partial charge in [-0.3, -0.25) is 9.59 Å². The molecule has 0 saturated carbocycles. The molecule has 12 heavy (non-hydrogen) atoms. The fourth-order valence-corrected chi connectivity index (χ4v) is 0.988. The van der Waals surface area contributed by atoms with Crippen molar-refractivity contribution < 1.29 is 19.4 Å². The number of hydrogen-bond acceptors (Lipinski definition) is 3. The number of rotatable bonds is 3. The summed E-state index contributed by atoms with van der Waals surface area (Å²) < 4.78 is 4.73. The van der Waals surface area contributed by atoms with E-state index in [-0.39, 0.29) is 13.2 Å². The highest BCUT2D eigenvalue weighted by Gasteiger charge is 2.52. The number of carbonyl (C=O) groups is 2. The lowest BCUT2D eigenvalue weighted by atomic mass is 9.85. The van der Waals surface area contributed by atoms with Gasteiger partial charge < -0.3 is 15.2 Å². The lowest BCUT2D eigenvalue weighted by Crippen LogP contribution is -2.58. The fraction of sp³-hybridized carbons (Fsp3) is 0.714. The standard InChI is InChI=1S/C7H11NO4/c1-2-8-5(9)7(6(10)11)3-12-4-7/h2-4H2,1H3,(H,8,9)(H,10,11). The van der Waals surface area contributed by atoms with E-state index in [9.17, 15) is 9.59 Å². The minimum Gasteiger partial charge on any atom is -0.480 e. The molecule has 0 unspecified atom stereocenters. The molecule has 0 spiro atoms. The minimum absolute atomic E-state index is 0.0197. The van der Waals surface area contributed by atoms with Gasteiger partial charge in [0.05, 0.1) is 13.2 Å². The van der Waals surface area contributed by atoms with E-state index in [2.05, 4.69) is 5.32 Å². The van der Waals surface area contributed by atoms with Crippen molar-refractivity contribution >= 4 is 11.9 Å². The molecule has 0 aromatic rings. The average Bonchev–Trinajstić information content (AvgIpc) is 1.83. The number of aliphatic carboxylic acids is 1. The van der Waals surface area contributed by atoms with Crippen LogP contribution in [0.15, 0.2) is 0 Å². The fourth-order valence-electron chi connectivity index (χ4n) is 0.988. The smallest absolute Gasteiger partial charge is 0.324 e. The van der Waals surface area contributed by atoms with Crippen LogP contribution >= 0.6 is 0 Å². The van der Waals surface area contributed by atoms with Crippen LogP contribution in [0.2, 0.25) is 0 Å². The highest BCUT2D eigenvalue weighted by Crippen LogP contribution is 2.27. The second-order valence-corrected chi connectivity index (χ2v) is 2.74. The van der Waals surface area contributed by atoms with Gasteiger partial charge in [0.1, 0.15) is 0 Å². The van der Waals surface area contributed by atoms with Crippen molar-refractivity contribution in [3.63, 3.8) is 0 Å². The third kappa shape index (κ3) is 1.16.